The number of anilines is 2. The summed E-state index contributed by atoms with van der Waals surface area (Å²) in [6, 6.07) is 15.6. The Labute approximate surface area is 173 Å². The van der Waals surface area contributed by atoms with E-state index >= 15 is 0 Å². The second-order valence-electron chi connectivity index (χ2n) is 7.11. The molecule has 2 aromatic carbocycles. The molecule has 0 spiro atoms. The molecule has 4 N–H and O–H groups in total. The van der Waals surface area contributed by atoms with E-state index in [4.69, 9.17) is 4.74 Å². The number of fused-ring (bicyclic) bond motifs is 1. The van der Waals surface area contributed by atoms with Crippen molar-refractivity contribution in [1.82, 2.24) is 10.3 Å². The summed E-state index contributed by atoms with van der Waals surface area (Å²) in [5.74, 6) is -0.941. The topological polar surface area (TPSA) is 107 Å². The number of amides is 2. The second-order valence-corrected chi connectivity index (χ2v) is 7.11. The summed E-state index contributed by atoms with van der Waals surface area (Å²) in [7, 11) is 0. The van der Waals surface area contributed by atoms with Crippen LogP contribution in [0.5, 0.6) is 0 Å². The van der Waals surface area contributed by atoms with E-state index in [1.807, 2.05) is 36.4 Å². The maximum absolute atomic E-state index is 12.5. The number of aromatic nitrogens is 1. The lowest BCUT2D eigenvalue weighted by Gasteiger charge is -2.29. The Kier molecular flexibility index (Phi) is 5.97. The van der Waals surface area contributed by atoms with Gasteiger partial charge in [-0.05, 0) is 36.4 Å². The van der Waals surface area contributed by atoms with Crippen molar-refractivity contribution in [3.05, 3.63) is 60.3 Å². The van der Waals surface area contributed by atoms with Crippen LogP contribution in [0.2, 0.25) is 0 Å². The number of nitrogens with one attached hydrogen (secondary N) is 3. The van der Waals surface area contributed by atoms with Crippen LogP contribution in [0.4, 0.5) is 11.4 Å². The number of hydrogen-bond acceptors (Lipinski definition) is 5. The Bertz CT molecular complexity index is 992. The Morgan fingerprint density at radius 1 is 1.10 bits per heavy atom. The molecule has 2 amide bonds. The third-order valence-corrected chi connectivity index (χ3v) is 5.09. The molecule has 0 aliphatic carbocycles. The molecule has 1 fully saturated rings. The molecule has 0 unspecified atom stereocenters. The number of aliphatic hydroxyl groups excluding tert-OH is 1. The number of H-pyrrole nitrogens is 1. The predicted octanol–water partition coefficient (Wildman–Crippen LogP) is 1.73. The molecule has 0 bridgehead atoms. The van der Waals surface area contributed by atoms with Gasteiger partial charge in [0.05, 0.1) is 19.8 Å². The summed E-state index contributed by atoms with van der Waals surface area (Å²) in [6.45, 7) is 2.55. The number of rotatable bonds is 6. The quantitative estimate of drug-likeness (QED) is 0.497. The van der Waals surface area contributed by atoms with Gasteiger partial charge in [-0.3, -0.25) is 9.59 Å². The number of nitrogens with zero attached hydrogens (tertiary/aromatic N) is 1. The van der Waals surface area contributed by atoms with E-state index in [2.05, 4.69) is 20.5 Å². The van der Waals surface area contributed by atoms with Gasteiger partial charge >= 0.3 is 0 Å². The van der Waals surface area contributed by atoms with Crippen LogP contribution in [0.1, 0.15) is 10.5 Å². The van der Waals surface area contributed by atoms with Gasteiger partial charge in [0.1, 0.15) is 11.7 Å². The fourth-order valence-corrected chi connectivity index (χ4v) is 3.43. The van der Waals surface area contributed by atoms with Crippen molar-refractivity contribution in [1.29, 1.82) is 0 Å². The highest BCUT2D eigenvalue weighted by Gasteiger charge is 2.22. The van der Waals surface area contributed by atoms with Gasteiger partial charge in [0, 0.05) is 35.4 Å². The van der Waals surface area contributed by atoms with E-state index in [-0.39, 0.29) is 0 Å². The molecule has 1 atom stereocenters. The Balaban J connectivity index is 1.38. The molecular weight excluding hydrogens is 384 g/mol. The number of morpholine rings is 1. The largest absolute Gasteiger partial charge is 0.394 e. The van der Waals surface area contributed by atoms with Crippen LogP contribution < -0.4 is 15.5 Å². The molecule has 1 aliphatic heterocycles. The number of aromatic amines is 1. The Morgan fingerprint density at radius 3 is 2.53 bits per heavy atom. The van der Waals surface area contributed by atoms with Crippen molar-refractivity contribution in [2.24, 2.45) is 0 Å². The van der Waals surface area contributed by atoms with E-state index < -0.39 is 24.5 Å². The molecule has 0 radical (unpaired) electrons. The first kappa shape index (κ1) is 19.9. The molecule has 156 valence electrons. The molecule has 8 nitrogen and oxygen atoms in total. The zero-order chi connectivity index (χ0) is 20.9. The third kappa shape index (κ3) is 4.45. The molecule has 3 aromatic rings. The van der Waals surface area contributed by atoms with Crippen LogP contribution in [-0.2, 0) is 9.53 Å². The number of carbonyl (C=O) groups is 2. The first-order chi connectivity index (χ1) is 14.6. The molecule has 1 saturated heterocycles. The molecule has 4 rings (SSSR count). The maximum Gasteiger partial charge on any atom is 0.268 e. The number of aliphatic hydroxyl groups is 1. The van der Waals surface area contributed by atoms with Gasteiger partial charge in [0.2, 0.25) is 5.91 Å². The van der Waals surface area contributed by atoms with Crippen LogP contribution >= 0.6 is 0 Å². The normalized spacial score (nSPS) is 15.0. The van der Waals surface area contributed by atoms with Gasteiger partial charge in [0.25, 0.3) is 5.91 Å². The number of benzene rings is 2. The maximum atomic E-state index is 12.5. The van der Waals surface area contributed by atoms with Gasteiger partial charge in [-0.2, -0.15) is 0 Å². The zero-order valence-electron chi connectivity index (χ0n) is 16.4. The Morgan fingerprint density at radius 2 is 1.83 bits per heavy atom. The smallest absolute Gasteiger partial charge is 0.268 e. The van der Waals surface area contributed by atoms with Crippen molar-refractivity contribution in [2.45, 2.75) is 6.04 Å². The van der Waals surface area contributed by atoms with Crippen molar-refractivity contribution in [2.75, 3.05) is 43.1 Å². The predicted molar refractivity (Wildman–Crippen MR) is 115 cm³/mol. The monoisotopic (exact) mass is 408 g/mol. The lowest BCUT2D eigenvalue weighted by Crippen LogP contribution is -2.46. The van der Waals surface area contributed by atoms with Crippen molar-refractivity contribution >= 4 is 34.1 Å². The minimum atomic E-state index is -1.07. The minimum absolute atomic E-state index is 0.331. The van der Waals surface area contributed by atoms with E-state index in [0.717, 1.165) is 29.7 Å². The highest BCUT2D eigenvalue weighted by molar-refractivity contribution is 6.02. The first-order valence-corrected chi connectivity index (χ1v) is 9.87. The standard InChI is InChI=1S/C22H24N4O4/c27-14-20(25-21(28)19-13-15-3-1-2-4-18(15)24-19)22(29)23-16-5-7-17(8-6-16)26-9-11-30-12-10-26/h1-8,13,20,24,27H,9-12,14H2,(H,23,29)(H,25,28)/t20-/m0/s1. The summed E-state index contributed by atoms with van der Waals surface area (Å²) in [5, 5.41) is 15.8. The lowest BCUT2D eigenvalue weighted by molar-refractivity contribution is -0.118. The van der Waals surface area contributed by atoms with Crippen LogP contribution in [0.15, 0.2) is 54.6 Å². The van der Waals surface area contributed by atoms with Crippen molar-refractivity contribution in [3.63, 3.8) is 0 Å². The van der Waals surface area contributed by atoms with E-state index in [1.165, 1.54) is 0 Å². The van der Waals surface area contributed by atoms with Gasteiger partial charge < -0.3 is 30.4 Å². The van der Waals surface area contributed by atoms with Crippen molar-refractivity contribution < 1.29 is 19.4 Å². The van der Waals surface area contributed by atoms with Crippen LogP contribution in [-0.4, -0.2) is 60.9 Å². The van der Waals surface area contributed by atoms with Crippen LogP contribution in [0, 0.1) is 0 Å². The highest BCUT2D eigenvalue weighted by Crippen LogP contribution is 2.19. The summed E-state index contributed by atoms with van der Waals surface area (Å²) in [5.41, 5.74) is 2.81. The fraction of sp³-hybridized carbons (Fsp3) is 0.273. The number of carbonyl (C=O) groups excluding carboxylic acids is 2. The number of para-hydroxylation sites is 1. The number of ether oxygens (including phenoxy) is 1. The minimum Gasteiger partial charge on any atom is -0.394 e. The highest BCUT2D eigenvalue weighted by atomic mass is 16.5. The summed E-state index contributed by atoms with van der Waals surface area (Å²) < 4.78 is 5.36. The molecule has 1 aliphatic rings. The van der Waals surface area contributed by atoms with Gasteiger partial charge in [-0.15, -0.1) is 0 Å². The fourth-order valence-electron chi connectivity index (χ4n) is 3.43. The average molecular weight is 408 g/mol. The zero-order valence-corrected chi connectivity index (χ0v) is 16.4. The van der Waals surface area contributed by atoms with E-state index in [1.54, 1.807) is 18.2 Å². The Hall–Kier alpha value is -3.36. The van der Waals surface area contributed by atoms with Gasteiger partial charge in [0.15, 0.2) is 0 Å². The average Bonchev–Trinajstić information content (AvgIpc) is 3.23. The van der Waals surface area contributed by atoms with E-state index in [0.29, 0.717) is 24.6 Å². The SMILES string of the molecule is O=C(N[C@@H](CO)C(=O)Nc1ccc(N2CCOCC2)cc1)c1cc2ccccc2[nH]1. The summed E-state index contributed by atoms with van der Waals surface area (Å²) in [4.78, 5) is 30.3. The van der Waals surface area contributed by atoms with E-state index in [9.17, 15) is 14.7 Å². The van der Waals surface area contributed by atoms with Crippen LogP contribution in [0.25, 0.3) is 10.9 Å². The molecule has 0 saturated carbocycles. The molecule has 8 heteroatoms. The van der Waals surface area contributed by atoms with Gasteiger partial charge in [-0.1, -0.05) is 18.2 Å². The summed E-state index contributed by atoms with van der Waals surface area (Å²) in [6.07, 6.45) is 0. The molecule has 30 heavy (non-hydrogen) atoms. The first-order valence-electron chi connectivity index (χ1n) is 9.87. The molecule has 2 heterocycles. The van der Waals surface area contributed by atoms with Gasteiger partial charge in [-0.25, -0.2) is 0 Å². The van der Waals surface area contributed by atoms with Crippen LogP contribution in [0.3, 0.4) is 0 Å². The molecular formula is C22H24N4O4. The number of hydrogen-bond donors (Lipinski definition) is 4. The third-order valence-electron chi connectivity index (χ3n) is 5.09. The van der Waals surface area contributed by atoms with Crippen molar-refractivity contribution in [3.8, 4) is 0 Å². The molecule has 1 aromatic heterocycles. The lowest BCUT2D eigenvalue weighted by atomic mass is 10.2. The summed E-state index contributed by atoms with van der Waals surface area (Å²) >= 11 is 0. The second kappa shape index (κ2) is 8.98.